The zero-order valence-corrected chi connectivity index (χ0v) is 15.7. The molecule has 2 heterocycles. The molecule has 2 fully saturated rings. The molecule has 0 bridgehead atoms. The van der Waals surface area contributed by atoms with Crippen molar-refractivity contribution in [2.24, 2.45) is 11.8 Å². The van der Waals surface area contributed by atoms with Gasteiger partial charge in [0.2, 0.25) is 0 Å². The zero-order chi connectivity index (χ0) is 19.1. The van der Waals surface area contributed by atoms with Crippen LogP contribution < -0.4 is 4.74 Å². The summed E-state index contributed by atoms with van der Waals surface area (Å²) < 4.78 is 52.0. The van der Waals surface area contributed by atoms with Gasteiger partial charge in [-0.05, 0) is 30.5 Å². The van der Waals surface area contributed by atoms with E-state index in [1.165, 1.54) is 0 Å². The van der Waals surface area contributed by atoms with E-state index in [1.807, 2.05) is 0 Å². The van der Waals surface area contributed by atoms with Crippen LogP contribution in [0, 0.1) is 11.8 Å². The summed E-state index contributed by atoms with van der Waals surface area (Å²) in [5.74, 6) is 0.743. The van der Waals surface area contributed by atoms with Crippen molar-refractivity contribution < 1.29 is 32.5 Å². The predicted molar refractivity (Wildman–Crippen MR) is 94.7 cm³/mol. The Morgan fingerprint density at radius 2 is 1.63 bits per heavy atom. The second-order valence-electron chi connectivity index (χ2n) is 7.11. The van der Waals surface area contributed by atoms with Crippen molar-refractivity contribution in [1.29, 1.82) is 0 Å². The first-order chi connectivity index (χ1) is 13.1. The van der Waals surface area contributed by atoms with Gasteiger partial charge in [0.1, 0.15) is 5.75 Å². The SMILES string of the molecule is CCCC1COC(C2COC(CCc3ccc(OC(F)F)cc3)OC2)OC1. The van der Waals surface area contributed by atoms with Gasteiger partial charge in [-0.2, -0.15) is 8.78 Å². The second-order valence-corrected chi connectivity index (χ2v) is 7.11. The number of rotatable bonds is 8. The Hall–Kier alpha value is -1.28. The Morgan fingerprint density at radius 3 is 2.22 bits per heavy atom. The lowest BCUT2D eigenvalue weighted by atomic mass is 10.0. The highest BCUT2D eigenvalue weighted by Gasteiger charge is 2.33. The minimum Gasteiger partial charge on any atom is -0.435 e. The molecule has 0 amide bonds. The van der Waals surface area contributed by atoms with E-state index >= 15 is 0 Å². The molecule has 0 radical (unpaired) electrons. The average molecular weight is 386 g/mol. The Bertz CT molecular complexity index is 538. The molecule has 0 spiro atoms. The van der Waals surface area contributed by atoms with Gasteiger partial charge in [-0.15, -0.1) is 0 Å². The van der Waals surface area contributed by atoms with E-state index in [0.717, 1.165) is 38.0 Å². The number of alkyl halides is 2. The van der Waals surface area contributed by atoms with Crippen LogP contribution in [0.4, 0.5) is 8.78 Å². The molecule has 152 valence electrons. The van der Waals surface area contributed by atoms with Crippen molar-refractivity contribution in [2.75, 3.05) is 26.4 Å². The van der Waals surface area contributed by atoms with E-state index in [4.69, 9.17) is 18.9 Å². The third-order valence-corrected chi connectivity index (χ3v) is 4.88. The number of benzene rings is 1. The first-order valence-corrected chi connectivity index (χ1v) is 9.64. The Kier molecular flexibility index (Phi) is 7.81. The number of halogens is 2. The minimum atomic E-state index is -2.80. The first kappa shape index (κ1) is 20.5. The first-order valence-electron chi connectivity index (χ1n) is 9.64. The van der Waals surface area contributed by atoms with Gasteiger partial charge in [0.15, 0.2) is 12.6 Å². The fourth-order valence-corrected chi connectivity index (χ4v) is 3.41. The van der Waals surface area contributed by atoms with Crippen LogP contribution in [-0.4, -0.2) is 45.6 Å². The molecule has 1 aromatic rings. The molecular weight excluding hydrogens is 358 g/mol. The standard InChI is InChI=1S/C20H28F2O5/c1-2-3-15-10-25-19(26-11-15)16-12-23-18(24-13-16)9-6-14-4-7-17(8-5-14)27-20(21)22/h4-5,7-8,15-16,18-20H,2-3,6,9-13H2,1H3. The van der Waals surface area contributed by atoms with Gasteiger partial charge in [-0.25, -0.2) is 0 Å². The molecule has 0 saturated carbocycles. The number of ether oxygens (including phenoxy) is 5. The van der Waals surface area contributed by atoms with E-state index in [-0.39, 0.29) is 24.2 Å². The van der Waals surface area contributed by atoms with E-state index in [9.17, 15) is 8.78 Å². The van der Waals surface area contributed by atoms with Gasteiger partial charge in [0.05, 0.1) is 32.3 Å². The van der Waals surface area contributed by atoms with E-state index < -0.39 is 6.61 Å². The molecular formula is C20H28F2O5. The Morgan fingerprint density at radius 1 is 0.963 bits per heavy atom. The summed E-state index contributed by atoms with van der Waals surface area (Å²) in [4.78, 5) is 0. The van der Waals surface area contributed by atoms with E-state index in [0.29, 0.717) is 25.6 Å². The summed E-state index contributed by atoms with van der Waals surface area (Å²) in [6.45, 7) is 1.94. The maximum atomic E-state index is 12.2. The van der Waals surface area contributed by atoms with Crippen LogP contribution in [0.2, 0.25) is 0 Å². The fraction of sp³-hybridized carbons (Fsp3) is 0.700. The molecule has 0 aliphatic carbocycles. The fourth-order valence-electron chi connectivity index (χ4n) is 3.41. The molecule has 2 saturated heterocycles. The molecule has 0 unspecified atom stereocenters. The predicted octanol–water partition coefficient (Wildman–Crippen LogP) is 4.00. The maximum absolute atomic E-state index is 12.2. The molecule has 27 heavy (non-hydrogen) atoms. The van der Waals surface area contributed by atoms with Crippen molar-refractivity contribution in [1.82, 2.24) is 0 Å². The van der Waals surface area contributed by atoms with Gasteiger partial charge in [0, 0.05) is 12.3 Å². The van der Waals surface area contributed by atoms with Gasteiger partial charge in [-0.1, -0.05) is 25.5 Å². The van der Waals surface area contributed by atoms with Crippen molar-refractivity contribution in [3.63, 3.8) is 0 Å². The van der Waals surface area contributed by atoms with E-state index in [1.54, 1.807) is 24.3 Å². The summed E-state index contributed by atoms with van der Waals surface area (Å²) >= 11 is 0. The number of aryl methyl sites for hydroxylation is 1. The van der Waals surface area contributed by atoms with Crippen molar-refractivity contribution in [2.45, 2.75) is 51.8 Å². The van der Waals surface area contributed by atoms with Crippen molar-refractivity contribution in [3.05, 3.63) is 29.8 Å². The van der Waals surface area contributed by atoms with Crippen LogP contribution in [0.5, 0.6) is 5.75 Å². The third kappa shape index (κ3) is 6.38. The normalized spacial score (nSPS) is 29.0. The van der Waals surface area contributed by atoms with Crippen LogP contribution in [0.25, 0.3) is 0 Å². The minimum absolute atomic E-state index is 0.0922. The highest BCUT2D eigenvalue weighted by Crippen LogP contribution is 2.25. The largest absolute Gasteiger partial charge is 0.435 e. The number of hydrogen-bond donors (Lipinski definition) is 0. The highest BCUT2D eigenvalue weighted by atomic mass is 19.3. The molecule has 0 aromatic heterocycles. The van der Waals surface area contributed by atoms with Crippen molar-refractivity contribution in [3.8, 4) is 5.75 Å². The number of hydrogen-bond acceptors (Lipinski definition) is 5. The summed E-state index contributed by atoms with van der Waals surface area (Å²) in [5, 5.41) is 0. The van der Waals surface area contributed by atoms with Crippen LogP contribution in [0.3, 0.4) is 0 Å². The van der Waals surface area contributed by atoms with Gasteiger partial charge >= 0.3 is 6.61 Å². The summed E-state index contributed by atoms with van der Waals surface area (Å²) in [7, 11) is 0. The maximum Gasteiger partial charge on any atom is 0.387 e. The monoisotopic (exact) mass is 386 g/mol. The quantitative estimate of drug-likeness (QED) is 0.676. The topological polar surface area (TPSA) is 46.2 Å². The van der Waals surface area contributed by atoms with Crippen LogP contribution >= 0.6 is 0 Å². The molecule has 1 aromatic carbocycles. The zero-order valence-electron chi connectivity index (χ0n) is 15.7. The molecule has 5 nitrogen and oxygen atoms in total. The lowest BCUT2D eigenvalue weighted by Gasteiger charge is -2.37. The highest BCUT2D eigenvalue weighted by molar-refractivity contribution is 5.27. The Balaban J connectivity index is 1.35. The average Bonchev–Trinajstić information content (AvgIpc) is 2.68. The molecule has 2 aliphatic heterocycles. The molecule has 7 heteroatoms. The van der Waals surface area contributed by atoms with Crippen molar-refractivity contribution >= 4 is 0 Å². The Labute approximate surface area is 158 Å². The smallest absolute Gasteiger partial charge is 0.387 e. The summed E-state index contributed by atoms with van der Waals surface area (Å²) in [5.41, 5.74) is 1.02. The van der Waals surface area contributed by atoms with Crippen LogP contribution in [0.1, 0.15) is 31.7 Å². The summed E-state index contributed by atoms with van der Waals surface area (Å²) in [6.07, 6.45) is 3.19. The molecule has 0 atom stereocenters. The van der Waals surface area contributed by atoms with E-state index in [2.05, 4.69) is 11.7 Å². The van der Waals surface area contributed by atoms with Gasteiger partial charge in [-0.3, -0.25) is 0 Å². The lowest BCUT2D eigenvalue weighted by molar-refractivity contribution is -0.281. The van der Waals surface area contributed by atoms with Crippen LogP contribution in [0.15, 0.2) is 24.3 Å². The summed E-state index contributed by atoms with van der Waals surface area (Å²) in [6, 6.07) is 6.65. The lowest BCUT2D eigenvalue weighted by Crippen LogP contribution is -2.44. The molecule has 0 N–H and O–H groups in total. The van der Waals surface area contributed by atoms with Gasteiger partial charge in [0.25, 0.3) is 0 Å². The second kappa shape index (κ2) is 10.3. The molecule has 2 aliphatic rings. The van der Waals surface area contributed by atoms with Gasteiger partial charge < -0.3 is 23.7 Å². The van der Waals surface area contributed by atoms with Crippen LogP contribution in [-0.2, 0) is 25.4 Å². The molecule has 3 rings (SSSR count). The third-order valence-electron chi connectivity index (χ3n) is 4.88.